The third-order valence-electron chi connectivity index (χ3n) is 3.58. The average Bonchev–Trinajstić information content (AvgIpc) is 2.56. The summed E-state index contributed by atoms with van der Waals surface area (Å²) in [5.74, 6) is 1.07. The molecule has 5 nitrogen and oxygen atoms in total. The number of likely N-dealkylation sites (N-methyl/N-ethyl adjacent to an activating group) is 1. The highest BCUT2D eigenvalue weighted by molar-refractivity contribution is 9.10. The molecular formula is C17H16BrNO4. The predicted octanol–water partition coefficient (Wildman–Crippen LogP) is 3.07. The first-order valence-corrected chi connectivity index (χ1v) is 7.96. The first-order chi connectivity index (χ1) is 11.0. The van der Waals surface area contributed by atoms with Crippen LogP contribution in [0.1, 0.15) is 10.4 Å². The summed E-state index contributed by atoms with van der Waals surface area (Å²) >= 11 is 3.30. The first-order valence-electron chi connectivity index (χ1n) is 7.17. The van der Waals surface area contributed by atoms with E-state index in [0.29, 0.717) is 24.7 Å². The molecule has 0 unspecified atom stereocenters. The number of nitrogens with zero attached hydrogens (tertiary/aromatic N) is 1. The fourth-order valence-corrected chi connectivity index (χ4v) is 2.79. The van der Waals surface area contributed by atoms with Crippen LogP contribution in [0, 0.1) is 0 Å². The van der Waals surface area contributed by atoms with Crippen LogP contribution < -0.4 is 9.47 Å². The quantitative estimate of drug-likeness (QED) is 0.892. The molecule has 1 heterocycles. The summed E-state index contributed by atoms with van der Waals surface area (Å²) in [5.41, 5.74) is 0.249. The van der Waals surface area contributed by atoms with E-state index < -0.39 is 0 Å². The second-order valence-electron chi connectivity index (χ2n) is 5.34. The van der Waals surface area contributed by atoms with Gasteiger partial charge in [-0.2, -0.15) is 0 Å². The van der Waals surface area contributed by atoms with E-state index in [1.165, 1.54) is 11.0 Å². The van der Waals surface area contributed by atoms with Crippen LogP contribution in [0.15, 0.2) is 46.9 Å². The van der Waals surface area contributed by atoms with Crippen molar-refractivity contribution in [2.45, 2.75) is 6.10 Å². The number of fused-ring (bicyclic) bond motifs is 1. The van der Waals surface area contributed by atoms with Gasteiger partial charge in [-0.25, -0.2) is 0 Å². The maximum Gasteiger partial charge on any atom is 0.257 e. The zero-order valence-corrected chi connectivity index (χ0v) is 14.1. The Kier molecular flexibility index (Phi) is 4.43. The van der Waals surface area contributed by atoms with Gasteiger partial charge in [0.2, 0.25) is 0 Å². The van der Waals surface area contributed by atoms with Crippen molar-refractivity contribution in [2.75, 3.05) is 20.2 Å². The molecule has 23 heavy (non-hydrogen) atoms. The lowest BCUT2D eigenvalue weighted by Crippen LogP contribution is -2.41. The maximum absolute atomic E-state index is 12.5. The number of ether oxygens (including phenoxy) is 2. The topological polar surface area (TPSA) is 59.0 Å². The number of benzene rings is 2. The van der Waals surface area contributed by atoms with Gasteiger partial charge in [-0.3, -0.25) is 4.79 Å². The lowest BCUT2D eigenvalue weighted by atomic mass is 10.1. The van der Waals surface area contributed by atoms with Gasteiger partial charge in [0.1, 0.15) is 12.4 Å². The molecule has 6 heteroatoms. The molecule has 0 aliphatic carbocycles. The normalized spacial score (nSPS) is 16.0. The number of halogens is 1. The van der Waals surface area contributed by atoms with E-state index >= 15 is 0 Å². The maximum atomic E-state index is 12.5. The van der Waals surface area contributed by atoms with Crippen LogP contribution in [0.25, 0.3) is 0 Å². The molecule has 1 N–H and O–H groups in total. The summed E-state index contributed by atoms with van der Waals surface area (Å²) in [4.78, 5) is 14.0. The number of hydrogen-bond donors (Lipinski definition) is 1. The number of hydrogen-bond acceptors (Lipinski definition) is 4. The van der Waals surface area contributed by atoms with Gasteiger partial charge in [-0.05, 0) is 30.3 Å². The Labute approximate surface area is 142 Å². The van der Waals surface area contributed by atoms with Crippen molar-refractivity contribution >= 4 is 21.8 Å². The fraction of sp³-hybridized carbons (Fsp3) is 0.235. The molecule has 0 radical (unpaired) electrons. The van der Waals surface area contributed by atoms with Crippen LogP contribution in [0.4, 0.5) is 0 Å². The molecule has 2 aromatic rings. The molecule has 0 saturated carbocycles. The third kappa shape index (κ3) is 3.42. The molecule has 120 valence electrons. The predicted molar refractivity (Wildman–Crippen MR) is 89.1 cm³/mol. The molecule has 1 amide bonds. The molecule has 1 aliphatic heterocycles. The minimum absolute atomic E-state index is 0.0452. The van der Waals surface area contributed by atoms with Gasteiger partial charge < -0.3 is 19.5 Å². The average molecular weight is 378 g/mol. The van der Waals surface area contributed by atoms with Crippen molar-refractivity contribution in [3.8, 4) is 17.2 Å². The van der Waals surface area contributed by atoms with Crippen LogP contribution in [0.3, 0.4) is 0 Å². The molecule has 0 saturated heterocycles. The van der Waals surface area contributed by atoms with E-state index in [9.17, 15) is 9.90 Å². The van der Waals surface area contributed by atoms with Gasteiger partial charge in [-0.1, -0.05) is 28.1 Å². The Balaban J connectivity index is 1.69. The Bertz CT molecular complexity index is 734. The van der Waals surface area contributed by atoms with E-state index in [0.717, 1.165) is 4.47 Å². The van der Waals surface area contributed by atoms with E-state index in [1.807, 2.05) is 24.3 Å². The monoisotopic (exact) mass is 377 g/mol. The number of carbonyl (C=O) groups is 1. The minimum atomic E-state index is -0.272. The third-order valence-corrected chi connectivity index (χ3v) is 4.07. The molecule has 1 aliphatic rings. The Hall–Kier alpha value is -2.21. The van der Waals surface area contributed by atoms with E-state index in [2.05, 4.69) is 15.9 Å². The zero-order valence-electron chi connectivity index (χ0n) is 12.5. The van der Waals surface area contributed by atoms with Crippen LogP contribution in [-0.2, 0) is 0 Å². The molecule has 0 aromatic heterocycles. The van der Waals surface area contributed by atoms with Crippen molar-refractivity contribution in [3.05, 3.63) is 52.5 Å². The van der Waals surface area contributed by atoms with Gasteiger partial charge in [0.05, 0.1) is 12.1 Å². The minimum Gasteiger partial charge on any atom is -0.507 e. The second kappa shape index (κ2) is 6.50. The van der Waals surface area contributed by atoms with Crippen molar-refractivity contribution in [1.82, 2.24) is 4.90 Å². The van der Waals surface area contributed by atoms with Gasteiger partial charge >= 0.3 is 0 Å². The molecule has 3 rings (SSSR count). The fourth-order valence-electron chi connectivity index (χ4n) is 2.43. The van der Waals surface area contributed by atoms with Crippen LogP contribution in [0.2, 0.25) is 0 Å². The Morgan fingerprint density at radius 1 is 1.30 bits per heavy atom. The molecule has 0 spiro atoms. The van der Waals surface area contributed by atoms with Gasteiger partial charge in [0.15, 0.2) is 17.6 Å². The highest BCUT2D eigenvalue weighted by atomic mass is 79.9. The summed E-state index contributed by atoms with van der Waals surface area (Å²) in [6, 6.07) is 12.2. The highest BCUT2D eigenvalue weighted by Crippen LogP contribution is 2.31. The number of phenols is 1. The Morgan fingerprint density at radius 3 is 2.83 bits per heavy atom. The van der Waals surface area contributed by atoms with Crippen molar-refractivity contribution in [1.29, 1.82) is 0 Å². The van der Waals surface area contributed by atoms with Crippen molar-refractivity contribution in [3.63, 3.8) is 0 Å². The summed E-state index contributed by atoms with van der Waals surface area (Å²) in [6.07, 6.45) is -0.256. The highest BCUT2D eigenvalue weighted by Gasteiger charge is 2.25. The molecule has 0 bridgehead atoms. The van der Waals surface area contributed by atoms with Gasteiger partial charge in [0, 0.05) is 11.5 Å². The zero-order chi connectivity index (χ0) is 16.4. The summed E-state index contributed by atoms with van der Waals surface area (Å²) < 4.78 is 12.2. The van der Waals surface area contributed by atoms with Crippen molar-refractivity contribution in [2.24, 2.45) is 0 Å². The number of rotatable bonds is 3. The number of amides is 1. The lowest BCUT2D eigenvalue weighted by Gasteiger charge is -2.29. The van der Waals surface area contributed by atoms with E-state index in [1.54, 1.807) is 19.2 Å². The SMILES string of the molecule is CN(C[C@@H]1COc2ccccc2O1)C(=O)c1cc(Br)ccc1O. The number of phenolic OH excluding ortho intramolecular Hbond substituents is 1. The van der Waals surface area contributed by atoms with Crippen LogP contribution in [0.5, 0.6) is 17.2 Å². The van der Waals surface area contributed by atoms with Crippen LogP contribution in [-0.4, -0.2) is 42.2 Å². The van der Waals surface area contributed by atoms with Crippen molar-refractivity contribution < 1.29 is 19.4 Å². The second-order valence-corrected chi connectivity index (χ2v) is 6.26. The molecular weight excluding hydrogens is 362 g/mol. The van der Waals surface area contributed by atoms with Gasteiger partial charge in [0.25, 0.3) is 5.91 Å². The first kappa shape index (κ1) is 15.7. The number of aromatic hydroxyl groups is 1. The molecule has 2 aromatic carbocycles. The lowest BCUT2D eigenvalue weighted by molar-refractivity contribution is 0.0519. The Morgan fingerprint density at radius 2 is 2.04 bits per heavy atom. The van der Waals surface area contributed by atoms with Crippen LogP contribution >= 0.6 is 15.9 Å². The smallest absolute Gasteiger partial charge is 0.257 e. The van der Waals surface area contributed by atoms with E-state index in [-0.39, 0.29) is 23.3 Å². The molecule has 1 atom stereocenters. The number of carbonyl (C=O) groups excluding carboxylic acids is 1. The summed E-state index contributed by atoms with van der Waals surface area (Å²) in [5, 5.41) is 9.87. The number of para-hydroxylation sites is 2. The largest absolute Gasteiger partial charge is 0.507 e. The van der Waals surface area contributed by atoms with Gasteiger partial charge in [-0.15, -0.1) is 0 Å². The standard InChI is InChI=1S/C17H16BrNO4/c1-19(17(21)13-8-11(18)6-7-14(13)20)9-12-10-22-15-4-2-3-5-16(15)23-12/h2-8,12,20H,9-10H2,1H3/t12-/m1/s1. The van der Waals surface area contributed by atoms with E-state index in [4.69, 9.17) is 9.47 Å². The summed E-state index contributed by atoms with van der Waals surface area (Å²) in [6.45, 7) is 0.734. The summed E-state index contributed by atoms with van der Waals surface area (Å²) in [7, 11) is 1.67. The molecule has 0 fully saturated rings.